The molecule has 1 heterocycles. The summed E-state index contributed by atoms with van der Waals surface area (Å²) in [6, 6.07) is 16.3. The number of hydrogen-bond acceptors (Lipinski definition) is 3. The van der Waals surface area contributed by atoms with Gasteiger partial charge in [0.1, 0.15) is 5.75 Å². The predicted molar refractivity (Wildman–Crippen MR) is 128 cm³/mol. The number of piperazine rings is 1. The van der Waals surface area contributed by atoms with E-state index in [4.69, 9.17) is 4.43 Å². The zero-order chi connectivity index (χ0) is 21.9. The number of rotatable bonds is 4. The molecule has 3 rings (SSSR count). The van der Waals surface area contributed by atoms with Gasteiger partial charge >= 0.3 is 6.03 Å². The van der Waals surface area contributed by atoms with Gasteiger partial charge in [-0.2, -0.15) is 0 Å². The third-order valence-corrected chi connectivity index (χ3v) is 10.6. The molecule has 162 valence electrons. The van der Waals surface area contributed by atoms with Crippen molar-refractivity contribution in [3.8, 4) is 5.75 Å². The van der Waals surface area contributed by atoms with Gasteiger partial charge in [0.2, 0.25) is 8.32 Å². The van der Waals surface area contributed by atoms with E-state index in [0.29, 0.717) is 13.1 Å². The molecule has 1 aliphatic heterocycles. The summed E-state index contributed by atoms with van der Waals surface area (Å²) in [4.78, 5) is 16.9. The number of carbonyl (C=O) groups excluding carboxylic acids is 1. The minimum absolute atomic E-state index is 0.0448. The Hall–Kier alpha value is -2.47. The molecule has 0 aromatic heterocycles. The van der Waals surface area contributed by atoms with E-state index in [2.05, 4.69) is 75.3 Å². The quantitative estimate of drug-likeness (QED) is 0.636. The molecule has 1 N–H and O–H groups in total. The Morgan fingerprint density at radius 1 is 0.933 bits per heavy atom. The van der Waals surface area contributed by atoms with Gasteiger partial charge in [-0.05, 0) is 61.5 Å². The van der Waals surface area contributed by atoms with E-state index in [1.807, 2.05) is 29.2 Å². The standard InChI is InChI=1S/C24H35N3O2Si/c1-19-7-11-21(12-8-19)26-15-17-27(18-16-26)23(28)25-20-9-13-22(14-10-20)29-30(5,6)24(2,3)4/h7-14H,15-18H2,1-6H3,(H,25,28). The van der Waals surface area contributed by atoms with Crippen LogP contribution in [0.2, 0.25) is 18.1 Å². The van der Waals surface area contributed by atoms with Crippen LogP contribution < -0.4 is 14.6 Å². The highest BCUT2D eigenvalue weighted by molar-refractivity contribution is 6.74. The molecule has 0 radical (unpaired) electrons. The summed E-state index contributed by atoms with van der Waals surface area (Å²) in [5, 5.41) is 3.17. The van der Waals surface area contributed by atoms with E-state index in [-0.39, 0.29) is 11.1 Å². The number of amides is 2. The fraction of sp³-hybridized carbons (Fsp3) is 0.458. The fourth-order valence-electron chi connectivity index (χ4n) is 3.18. The number of nitrogens with zero attached hydrogens (tertiary/aromatic N) is 2. The average molecular weight is 426 g/mol. The van der Waals surface area contributed by atoms with Gasteiger partial charge in [0.25, 0.3) is 0 Å². The van der Waals surface area contributed by atoms with Crippen LogP contribution in [0.5, 0.6) is 5.75 Å². The Balaban J connectivity index is 1.52. The summed E-state index contributed by atoms with van der Waals surface area (Å²) in [7, 11) is -1.86. The first-order chi connectivity index (χ1) is 14.0. The zero-order valence-electron chi connectivity index (χ0n) is 19.2. The van der Waals surface area contributed by atoms with Gasteiger partial charge in [0.05, 0.1) is 0 Å². The van der Waals surface area contributed by atoms with Crippen molar-refractivity contribution in [2.75, 3.05) is 36.4 Å². The van der Waals surface area contributed by atoms with E-state index in [1.165, 1.54) is 11.3 Å². The average Bonchev–Trinajstić information content (AvgIpc) is 2.69. The fourth-order valence-corrected chi connectivity index (χ4v) is 4.21. The topological polar surface area (TPSA) is 44.8 Å². The van der Waals surface area contributed by atoms with Crippen LogP contribution in [0.4, 0.5) is 16.2 Å². The van der Waals surface area contributed by atoms with Crippen molar-refractivity contribution in [1.29, 1.82) is 0 Å². The maximum absolute atomic E-state index is 12.7. The van der Waals surface area contributed by atoms with E-state index < -0.39 is 8.32 Å². The first-order valence-corrected chi connectivity index (χ1v) is 13.6. The third-order valence-electron chi connectivity index (χ3n) is 6.25. The van der Waals surface area contributed by atoms with Crippen molar-refractivity contribution in [2.45, 2.75) is 45.8 Å². The number of carbonyl (C=O) groups is 1. The number of hydrogen-bond donors (Lipinski definition) is 1. The first-order valence-electron chi connectivity index (χ1n) is 10.7. The van der Waals surface area contributed by atoms with E-state index in [1.54, 1.807) is 0 Å². The Morgan fingerprint density at radius 2 is 1.50 bits per heavy atom. The summed E-state index contributed by atoms with van der Waals surface area (Å²) < 4.78 is 6.31. The lowest BCUT2D eigenvalue weighted by atomic mass is 10.2. The first kappa shape index (κ1) is 22.2. The lowest BCUT2D eigenvalue weighted by molar-refractivity contribution is 0.208. The molecule has 1 fully saturated rings. The molecule has 30 heavy (non-hydrogen) atoms. The molecule has 5 nitrogen and oxygen atoms in total. The minimum Gasteiger partial charge on any atom is -0.544 e. The zero-order valence-corrected chi connectivity index (χ0v) is 20.2. The number of nitrogens with one attached hydrogen (secondary N) is 1. The molecule has 0 unspecified atom stereocenters. The molecule has 0 bridgehead atoms. The largest absolute Gasteiger partial charge is 0.544 e. The molecule has 2 amide bonds. The highest BCUT2D eigenvalue weighted by Crippen LogP contribution is 2.37. The lowest BCUT2D eigenvalue weighted by Crippen LogP contribution is -2.50. The maximum Gasteiger partial charge on any atom is 0.321 e. The molecule has 0 aliphatic carbocycles. The molecular weight excluding hydrogens is 390 g/mol. The molecule has 0 saturated carbocycles. The van der Waals surface area contributed by atoms with Crippen LogP contribution in [0, 0.1) is 6.92 Å². The van der Waals surface area contributed by atoms with Gasteiger partial charge in [0, 0.05) is 37.6 Å². The van der Waals surface area contributed by atoms with Crippen LogP contribution in [0.1, 0.15) is 26.3 Å². The van der Waals surface area contributed by atoms with Crippen LogP contribution in [0.3, 0.4) is 0 Å². The molecule has 0 atom stereocenters. The second-order valence-corrected chi connectivity index (χ2v) is 14.4. The molecule has 0 spiro atoms. The second-order valence-electron chi connectivity index (χ2n) is 9.63. The molecule has 6 heteroatoms. The summed E-state index contributed by atoms with van der Waals surface area (Å²) >= 11 is 0. The van der Waals surface area contributed by atoms with E-state index >= 15 is 0 Å². The van der Waals surface area contributed by atoms with Crippen molar-refractivity contribution in [3.63, 3.8) is 0 Å². The number of aryl methyl sites for hydroxylation is 1. The molecule has 2 aromatic carbocycles. The summed E-state index contributed by atoms with van der Waals surface area (Å²) in [5.74, 6) is 0.867. The van der Waals surface area contributed by atoms with Gasteiger partial charge in [0.15, 0.2) is 0 Å². The summed E-state index contributed by atoms with van der Waals surface area (Å²) in [6.45, 7) is 16.4. The predicted octanol–water partition coefficient (Wildman–Crippen LogP) is 5.73. The third kappa shape index (κ3) is 5.36. The van der Waals surface area contributed by atoms with Gasteiger partial charge < -0.3 is 19.5 Å². The summed E-state index contributed by atoms with van der Waals surface area (Å²) in [6.07, 6.45) is 0. The molecule has 2 aromatic rings. The van der Waals surface area contributed by atoms with Crippen LogP contribution in [0.15, 0.2) is 48.5 Å². The Bertz CT molecular complexity index is 850. The smallest absolute Gasteiger partial charge is 0.321 e. The SMILES string of the molecule is Cc1ccc(N2CCN(C(=O)Nc3ccc(O[Si](C)(C)C(C)(C)C)cc3)CC2)cc1. The molecule has 1 aliphatic rings. The number of urea groups is 1. The van der Waals surface area contributed by atoms with Gasteiger partial charge in [-0.25, -0.2) is 4.79 Å². The van der Waals surface area contributed by atoms with Crippen molar-refractivity contribution >= 4 is 25.7 Å². The van der Waals surface area contributed by atoms with Crippen LogP contribution in [-0.2, 0) is 0 Å². The number of anilines is 2. The van der Waals surface area contributed by atoms with Gasteiger partial charge in [-0.3, -0.25) is 0 Å². The number of benzene rings is 2. The van der Waals surface area contributed by atoms with Crippen LogP contribution >= 0.6 is 0 Å². The van der Waals surface area contributed by atoms with Gasteiger partial charge in [-0.15, -0.1) is 0 Å². The van der Waals surface area contributed by atoms with Crippen molar-refractivity contribution in [2.24, 2.45) is 0 Å². The molecule has 1 saturated heterocycles. The second kappa shape index (κ2) is 8.72. The van der Waals surface area contributed by atoms with E-state index in [0.717, 1.165) is 24.5 Å². The maximum atomic E-state index is 12.7. The Morgan fingerprint density at radius 3 is 2.03 bits per heavy atom. The molecular formula is C24H35N3O2Si. The highest BCUT2D eigenvalue weighted by Gasteiger charge is 2.38. The minimum atomic E-state index is -1.86. The lowest BCUT2D eigenvalue weighted by Gasteiger charge is -2.36. The summed E-state index contributed by atoms with van der Waals surface area (Å²) in [5.41, 5.74) is 3.28. The van der Waals surface area contributed by atoms with Crippen LogP contribution in [0.25, 0.3) is 0 Å². The van der Waals surface area contributed by atoms with Crippen molar-refractivity contribution in [1.82, 2.24) is 4.90 Å². The Labute approximate surface area is 182 Å². The Kier molecular flexibility index (Phi) is 6.46. The normalized spacial score (nSPS) is 15.1. The van der Waals surface area contributed by atoms with Gasteiger partial charge in [-0.1, -0.05) is 38.5 Å². The monoisotopic (exact) mass is 425 g/mol. The van der Waals surface area contributed by atoms with Crippen LogP contribution in [-0.4, -0.2) is 45.4 Å². The van der Waals surface area contributed by atoms with Crippen molar-refractivity contribution in [3.05, 3.63) is 54.1 Å². The van der Waals surface area contributed by atoms with Crippen molar-refractivity contribution < 1.29 is 9.22 Å². The van der Waals surface area contributed by atoms with E-state index in [9.17, 15) is 4.79 Å². The highest BCUT2D eigenvalue weighted by atomic mass is 28.4.